The van der Waals surface area contributed by atoms with Crippen LogP contribution in [-0.2, 0) is 4.79 Å². The van der Waals surface area contributed by atoms with Gasteiger partial charge in [-0.15, -0.1) is 11.3 Å². The number of quaternary nitrogens is 1. The molecule has 0 aliphatic carbocycles. The Bertz CT molecular complexity index is 783. The van der Waals surface area contributed by atoms with Crippen molar-refractivity contribution in [2.24, 2.45) is 0 Å². The van der Waals surface area contributed by atoms with Crippen LogP contribution in [0.5, 0.6) is 0 Å². The van der Waals surface area contributed by atoms with E-state index >= 15 is 0 Å². The Morgan fingerprint density at radius 3 is 2.44 bits per heavy atom. The van der Waals surface area contributed by atoms with Crippen molar-refractivity contribution in [2.75, 3.05) is 37.6 Å². The number of nitrogens with one attached hydrogen (secondary N) is 3. The van der Waals surface area contributed by atoms with Crippen molar-refractivity contribution in [1.29, 1.82) is 0 Å². The summed E-state index contributed by atoms with van der Waals surface area (Å²) in [4.78, 5) is 30.0. The van der Waals surface area contributed by atoms with Crippen molar-refractivity contribution < 1.29 is 14.5 Å². The third-order valence-corrected chi connectivity index (χ3v) is 5.86. The lowest BCUT2D eigenvalue weighted by Crippen LogP contribution is -3.15. The van der Waals surface area contributed by atoms with Crippen LogP contribution in [0.25, 0.3) is 0 Å². The summed E-state index contributed by atoms with van der Waals surface area (Å²) in [5, 5.41) is 0. The fourth-order valence-electron chi connectivity index (χ4n) is 3.37. The number of rotatable bonds is 5. The van der Waals surface area contributed by atoms with Gasteiger partial charge in [-0.3, -0.25) is 20.4 Å². The molecule has 1 aliphatic rings. The Kier molecular flexibility index (Phi) is 6.47. The Morgan fingerprint density at radius 1 is 1.11 bits per heavy atom. The molecule has 0 unspecified atom stereocenters. The molecular formula is C20H27N4O2S+. The van der Waals surface area contributed by atoms with Crippen LogP contribution in [-0.4, -0.2) is 44.5 Å². The quantitative estimate of drug-likeness (QED) is 0.669. The van der Waals surface area contributed by atoms with E-state index in [1.165, 1.54) is 10.6 Å². The van der Waals surface area contributed by atoms with Crippen molar-refractivity contribution in [3.8, 4) is 0 Å². The summed E-state index contributed by atoms with van der Waals surface area (Å²) in [6.07, 6.45) is 0.405. The van der Waals surface area contributed by atoms with Crippen molar-refractivity contribution >= 4 is 28.8 Å². The molecule has 2 heterocycles. The molecule has 3 rings (SSSR count). The molecule has 1 saturated heterocycles. The van der Waals surface area contributed by atoms with E-state index < -0.39 is 0 Å². The fraction of sp³-hybridized carbons (Fsp3) is 0.400. The highest BCUT2D eigenvalue weighted by Crippen LogP contribution is 2.20. The van der Waals surface area contributed by atoms with E-state index in [1.807, 2.05) is 26.0 Å². The predicted octanol–water partition coefficient (Wildman–Crippen LogP) is 0.921. The van der Waals surface area contributed by atoms with Gasteiger partial charge in [0.1, 0.15) is 0 Å². The normalized spacial score (nSPS) is 14.8. The Hall–Kier alpha value is -2.38. The number of aryl methyl sites for hydroxylation is 2. The second kappa shape index (κ2) is 9.01. The summed E-state index contributed by atoms with van der Waals surface area (Å²) in [6, 6.07) is 12.3. The van der Waals surface area contributed by atoms with Crippen LogP contribution >= 0.6 is 11.3 Å². The molecule has 0 bridgehead atoms. The van der Waals surface area contributed by atoms with Gasteiger partial charge in [-0.2, -0.15) is 0 Å². The first-order valence-electron chi connectivity index (χ1n) is 9.32. The largest absolute Gasteiger partial charge is 0.360 e. The van der Waals surface area contributed by atoms with Gasteiger partial charge in [-0.05, 0) is 32.0 Å². The minimum atomic E-state index is -0.256. The van der Waals surface area contributed by atoms with Gasteiger partial charge in [0.05, 0.1) is 44.7 Å². The molecule has 0 radical (unpaired) electrons. The second-order valence-electron chi connectivity index (χ2n) is 6.90. The van der Waals surface area contributed by atoms with Gasteiger partial charge in [-0.25, -0.2) is 0 Å². The van der Waals surface area contributed by atoms with Crippen molar-refractivity contribution in [3.63, 3.8) is 0 Å². The third-order valence-electron chi connectivity index (χ3n) is 4.90. The molecule has 1 fully saturated rings. The van der Waals surface area contributed by atoms with Gasteiger partial charge in [0.15, 0.2) is 0 Å². The average molecular weight is 388 g/mol. The zero-order valence-electron chi connectivity index (χ0n) is 15.9. The average Bonchev–Trinajstić information content (AvgIpc) is 3.03. The van der Waals surface area contributed by atoms with E-state index in [0.29, 0.717) is 12.0 Å². The molecule has 27 heavy (non-hydrogen) atoms. The molecule has 1 aliphatic heterocycles. The van der Waals surface area contributed by atoms with Gasteiger partial charge in [0.25, 0.3) is 5.91 Å². The van der Waals surface area contributed by atoms with Crippen LogP contribution in [0.1, 0.15) is 26.5 Å². The summed E-state index contributed by atoms with van der Waals surface area (Å²) in [6.45, 7) is 8.67. The number of hydrazine groups is 1. The van der Waals surface area contributed by atoms with Crippen LogP contribution in [0.15, 0.2) is 36.4 Å². The van der Waals surface area contributed by atoms with E-state index in [1.54, 1.807) is 11.3 Å². The second-order valence-corrected chi connectivity index (χ2v) is 8.36. The lowest BCUT2D eigenvalue weighted by Gasteiger charge is -2.33. The Morgan fingerprint density at radius 2 is 1.81 bits per heavy atom. The molecule has 1 aromatic heterocycles. The summed E-state index contributed by atoms with van der Waals surface area (Å²) in [5.41, 5.74) is 6.94. The van der Waals surface area contributed by atoms with Crippen LogP contribution < -0.4 is 20.7 Å². The van der Waals surface area contributed by atoms with Gasteiger partial charge < -0.3 is 9.80 Å². The van der Waals surface area contributed by atoms with Crippen molar-refractivity contribution in [1.82, 2.24) is 10.9 Å². The van der Waals surface area contributed by atoms with Crippen LogP contribution in [0, 0.1) is 13.8 Å². The lowest BCUT2D eigenvalue weighted by atomic mass is 10.2. The summed E-state index contributed by atoms with van der Waals surface area (Å²) >= 11 is 1.58. The number of hydrogen-bond donors (Lipinski definition) is 3. The predicted molar refractivity (Wildman–Crippen MR) is 108 cm³/mol. The highest BCUT2D eigenvalue weighted by atomic mass is 32.1. The van der Waals surface area contributed by atoms with E-state index in [2.05, 4.69) is 40.0 Å². The maximum absolute atomic E-state index is 12.1. The van der Waals surface area contributed by atoms with E-state index in [0.717, 1.165) is 42.5 Å². The molecule has 0 spiro atoms. The SMILES string of the molecule is Cc1cc(C(=O)NNC(=O)CC[NH+]2CCN(c3ccccc3)CC2)c(C)s1. The van der Waals surface area contributed by atoms with Gasteiger partial charge in [-0.1, -0.05) is 18.2 Å². The maximum atomic E-state index is 12.1. The van der Waals surface area contributed by atoms with Crippen LogP contribution in [0.2, 0.25) is 0 Å². The molecule has 2 amide bonds. The van der Waals surface area contributed by atoms with Crippen molar-refractivity contribution in [3.05, 3.63) is 51.7 Å². The van der Waals surface area contributed by atoms with E-state index in [-0.39, 0.29) is 11.8 Å². The van der Waals surface area contributed by atoms with Crippen molar-refractivity contribution in [2.45, 2.75) is 20.3 Å². The first-order valence-corrected chi connectivity index (χ1v) is 10.1. The van der Waals surface area contributed by atoms with Gasteiger partial charge in [0.2, 0.25) is 5.91 Å². The van der Waals surface area contributed by atoms with E-state index in [9.17, 15) is 9.59 Å². The van der Waals surface area contributed by atoms with Gasteiger partial charge >= 0.3 is 0 Å². The number of hydrogen-bond acceptors (Lipinski definition) is 4. The monoisotopic (exact) mass is 387 g/mol. The molecule has 3 N–H and O–H groups in total. The molecule has 144 valence electrons. The highest BCUT2D eigenvalue weighted by Gasteiger charge is 2.21. The Labute approximate surface area is 164 Å². The summed E-state index contributed by atoms with van der Waals surface area (Å²) in [7, 11) is 0. The minimum Gasteiger partial charge on any atom is -0.360 e. The number of thiophene rings is 1. The smallest absolute Gasteiger partial charge is 0.270 e. The van der Waals surface area contributed by atoms with Crippen LogP contribution in [0.3, 0.4) is 0 Å². The molecule has 1 aromatic carbocycles. The van der Waals surface area contributed by atoms with Gasteiger partial charge in [0, 0.05) is 15.4 Å². The zero-order chi connectivity index (χ0) is 19.2. The maximum Gasteiger partial charge on any atom is 0.270 e. The number of piperazine rings is 1. The minimum absolute atomic E-state index is 0.147. The van der Waals surface area contributed by atoms with Crippen LogP contribution in [0.4, 0.5) is 5.69 Å². The molecule has 0 saturated carbocycles. The summed E-state index contributed by atoms with van der Waals surface area (Å²) < 4.78 is 0. The molecule has 7 heteroatoms. The molecule has 6 nitrogen and oxygen atoms in total. The first-order chi connectivity index (χ1) is 13.0. The highest BCUT2D eigenvalue weighted by molar-refractivity contribution is 7.12. The number of para-hydroxylation sites is 1. The standard InChI is InChI=1S/C20H26N4O2S/c1-15-14-18(16(2)27-15)20(26)22-21-19(25)8-9-23-10-12-24(13-11-23)17-6-4-3-5-7-17/h3-7,14H,8-13H2,1-2H3,(H,21,25)(H,22,26)/p+1. The molecule has 0 atom stereocenters. The number of anilines is 1. The fourth-order valence-corrected chi connectivity index (χ4v) is 4.29. The Balaban J connectivity index is 1.36. The number of carbonyl (C=O) groups is 2. The third kappa shape index (κ3) is 5.30. The number of nitrogens with zero attached hydrogens (tertiary/aromatic N) is 1. The zero-order valence-corrected chi connectivity index (χ0v) is 16.7. The number of amides is 2. The van der Waals surface area contributed by atoms with E-state index in [4.69, 9.17) is 0 Å². The number of carbonyl (C=O) groups excluding carboxylic acids is 2. The first kappa shape index (κ1) is 19.4. The lowest BCUT2D eigenvalue weighted by molar-refractivity contribution is -0.900. The molecular weight excluding hydrogens is 360 g/mol. The summed E-state index contributed by atoms with van der Waals surface area (Å²) in [5.74, 6) is -0.403. The molecule has 2 aromatic rings. The number of benzene rings is 1. The topological polar surface area (TPSA) is 65.9 Å².